The lowest BCUT2D eigenvalue weighted by Gasteiger charge is -2.24. The predicted molar refractivity (Wildman–Crippen MR) is 72.1 cm³/mol. The molecule has 0 radical (unpaired) electrons. The molecule has 1 aliphatic heterocycles. The second-order valence-electron chi connectivity index (χ2n) is 4.46. The summed E-state index contributed by atoms with van der Waals surface area (Å²) in [5.74, 6) is -0.174. The average Bonchev–Trinajstić information content (AvgIpc) is 2.51. The van der Waals surface area contributed by atoms with Gasteiger partial charge in [0.15, 0.2) is 6.10 Å². The van der Waals surface area contributed by atoms with Crippen LogP contribution in [0.1, 0.15) is 22.0 Å². The summed E-state index contributed by atoms with van der Waals surface area (Å²) in [5.41, 5.74) is 0.925. The highest BCUT2D eigenvalue weighted by Crippen LogP contribution is 2.34. The molecule has 2 aromatic rings. The molecule has 0 fully saturated rings. The standard InChI is InChI=1S/C16H12O4/c1-19-11-7-8-13-12(9-11)14(17)15(18)16(20-13)10-5-3-2-4-6-10/h2-9,16H,1H3. The highest BCUT2D eigenvalue weighted by molar-refractivity contribution is 6.46. The van der Waals surface area contributed by atoms with Gasteiger partial charge >= 0.3 is 0 Å². The second kappa shape index (κ2) is 4.81. The van der Waals surface area contributed by atoms with E-state index in [1.54, 1.807) is 36.4 Å². The molecule has 0 N–H and O–H groups in total. The number of carbonyl (C=O) groups is 2. The van der Waals surface area contributed by atoms with Crippen molar-refractivity contribution in [3.63, 3.8) is 0 Å². The van der Waals surface area contributed by atoms with Crippen molar-refractivity contribution in [2.75, 3.05) is 7.11 Å². The number of methoxy groups -OCH3 is 1. The number of Topliss-reactive ketones (excluding diaryl/α,β-unsaturated/α-hetero) is 2. The van der Waals surface area contributed by atoms with E-state index >= 15 is 0 Å². The lowest BCUT2D eigenvalue weighted by atomic mass is 9.95. The maximum Gasteiger partial charge on any atom is 0.248 e. The zero-order valence-electron chi connectivity index (χ0n) is 10.8. The van der Waals surface area contributed by atoms with Crippen LogP contribution in [0.25, 0.3) is 0 Å². The van der Waals surface area contributed by atoms with Crippen molar-refractivity contribution in [2.24, 2.45) is 0 Å². The third kappa shape index (κ3) is 1.95. The third-order valence-corrected chi connectivity index (χ3v) is 3.24. The fraction of sp³-hybridized carbons (Fsp3) is 0.125. The van der Waals surface area contributed by atoms with Crippen LogP contribution in [0.4, 0.5) is 0 Å². The molecule has 0 aromatic heterocycles. The molecule has 0 saturated carbocycles. The third-order valence-electron chi connectivity index (χ3n) is 3.24. The highest BCUT2D eigenvalue weighted by atomic mass is 16.5. The van der Waals surface area contributed by atoms with Crippen molar-refractivity contribution in [3.05, 3.63) is 59.7 Å². The van der Waals surface area contributed by atoms with Crippen LogP contribution in [0.3, 0.4) is 0 Å². The van der Waals surface area contributed by atoms with Gasteiger partial charge < -0.3 is 9.47 Å². The smallest absolute Gasteiger partial charge is 0.248 e. The Morgan fingerprint density at radius 3 is 2.50 bits per heavy atom. The fourth-order valence-electron chi connectivity index (χ4n) is 2.20. The maximum absolute atomic E-state index is 12.2. The summed E-state index contributed by atoms with van der Waals surface area (Å²) in [6.45, 7) is 0. The molecule has 4 heteroatoms. The zero-order chi connectivity index (χ0) is 14.1. The summed E-state index contributed by atoms with van der Waals surface area (Å²) in [6, 6.07) is 13.9. The van der Waals surface area contributed by atoms with Crippen LogP contribution in [0, 0.1) is 0 Å². The molecular weight excluding hydrogens is 256 g/mol. The zero-order valence-corrected chi connectivity index (χ0v) is 10.8. The van der Waals surface area contributed by atoms with Crippen molar-refractivity contribution in [1.29, 1.82) is 0 Å². The van der Waals surface area contributed by atoms with Crippen LogP contribution in [0.5, 0.6) is 11.5 Å². The van der Waals surface area contributed by atoms with Crippen LogP contribution >= 0.6 is 0 Å². The van der Waals surface area contributed by atoms with Gasteiger partial charge in [0.25, 0.3) is 0 Å². The van der Waals surface area contributed by atoms with E-state index in [1.165, 1.54) is 13.2 Å². The SMILES string of the molecule is COc1ccc2c(c1)C(=O)C(=O)C(c1ccccc1)O2. The van der Waals surface area contributed by atoms with E-state index in [0.29, 0.717) is 17.1 Å². The van der Waals surface area contributed by atoms with Gasteiger partial charge in [-0.15, -0.1) is 0 Å². The summed E-state index contributed by atoms with van der Waals surface area (Å²) >= 11 is 0. The van der Waals surface area contributed by atoms with Crippen molar-refractivity contribution in [2.45, 2.75) is 6.10 Å². The lowest BCUT2D eigenvalue weighted by molar-refractivity contribution is -0.122. The molecule has 1 aliphatic rings. The van der Waals surface area contributed by atoms with E-state index in [0.717, 1.165) is 0 Å². The van der Waals surface area contributed by atoms with Gasteiger partial charge in [-0.1, -0.05) is 30.3 Å². The monoisotopic (exact) mass is 268 g/mol. The van der Waals surface area contributed by atoms with Gasteiger partial charge in [-0.3, -0.25) is 9.59 Å². The van der Waals surface area contributed by atoms with Gasteiger partial charge in [0.05, 0.1) is 12.7 Å². The Hall–Kier alpha value is -2.62. The first-order valence-corrected chi connectivity index (χ1v) is 6.19. The molecule has 0 saturated heterocycles. The van der Waals surface area contributed by atoms with Gasteiger partial charge in [0.2, 0.25) is 11.6 Å². The summed E-state index contributed by atoms with van der Waals surface area (Å²) in [7, 11) is 1.50. The molecule has 20 heavy (non-hydrogen) atoms. The van der Waals surface area contributed by atoms with Crippen LogP contribution in [-0.4, -0.2) is 18.7 Å². The second-order valence-corrected chi connectivity index (χ2v) is 4.46. The molecule has 0 spiro atoms. The Morgan fingerprint density at radius 2 is 1.80 bits per heavy atom. The largest absolute Gasteiger partial charge is 0.497 e. The molecule has 4 nitrogen and oxygen atoms in total. The van der Waals surface area contributed by atoms with E-state index < -0.39 is 17.7 Å². The number of carbonyl (C=O) groups excluding carboxylic acids is 2. The van der Waals surface area contributed by atoms with Crippen molar-refractivity contribution in [3.8, 4) is 11.5 Å². The van der Waals surface area contributed by atoms with Gasteiger partial charge in [-0.2, -0.15) is 0 Å². The quantitative estimate of drug-likeness (QED) is 0.785. The number of hydrogen-bond donors (Lipinski definition) is 0. The number of benzene rings is 2. The minimum atomic E-state index is -0.871. The average molecular weight is 268 g/mol. The van der Waals surface area contributed by atoms with Crippen LogP contribution in [-0.2, 0) is 4.79 Å². The van der Waals surface area contributed by atoms with E-state index in [9.17, 15) is 9.59 Å². The van der Waals surface area contributed by atoms with Gasteiger partial charge in [0.1, 0.15) is 11.5 Å². The summed E-state index contributed by atoms with van der Waals surface area (Å²) in [4.78, 5) is 24.4. The predicted octanol–water partition coefficient (Wildman–Crippen LogP) is 2.58. The molecule has 2 aromatic carbocycles. The molecule has 100 valence electrons. The van der Waals surface area contributed by atoms with Crippen molar-refractivity contribution in [1.82, 2.24) is 0 Å². The fourth-order valence-corrected chi connectivity index (χ4v) is 2.20. The maximum atomic E-state index is 12.2. The number of fused-ring (bicyclic) bond motifs is 1. The summed E-state index contributed by atoms with van der Waals surface area (Å²) in [6.07, 6.45) is -0.871. The molecule has 0 amide bonds. The Kier molecular flexibility index (Phi) is 2.99. The number of ketones is 2. The summed E-state index contributed by atoms with van der Waals surface area (Å²) < 4.78 is 10.7. The Balaban J connectivity index is 2.04. The number of hydrogen-bond acceptors (Lipinski definition) is 4. The molecule has 3 rings (SSSR count). The normalized spacial score (nSPS) is 17.4. The molecule has 1 atom stereocenters. The van der Waals surface area contributed by atoms with Crippen LogP contribution in [0.2, 0.25) is 0 Å². The molecule has 0 bridgehead atoms. The van der Waals surface area contributed by atoms with Crippen LogP contribution in [0.15, 0.2) is 48.5 Å². The molecule has 0 aliphatic carbocycles. The number of rotatable bonds is 2. The Bertz CT molecular complexity index is 676. The van der Waals surface area contributed by atoms with Crippen molar-refractivity contribution < 1.29 is 19.1 Å². The van der Waals surface area contributed by atoms with Crippen LogP contribution < -0.4 is 9.47 Å². The first-order valence-electron chi connectivity index (χ1n) is 6.19. The summed E-state index contributed by atoms with van der Waals surface area (Å²) in [5, 5.41) is 0. The van der Waals surface area contributed by atoms with E-state index in [2.05, 4.69) is 0 Å². The molecule has 1 unspecified atom stereocenters. The molecular formula is C16H12O4. The van der Waals surface area contributed by atoms with E-state index in [4.69, 9.17) is 9.47 Å². The van der Waals surface area contributed by atoms with Gasteiger partial charge in [-0.25, -0.2) is 0 Å². The number of ether oxygens (including phenoxy) is 2. The minimum absolute atomic E-state index is 0.251. The highest BCUT2D eigenvalue weighted by Gasteiger charge is 2.36. The lowest BCUT2D eigenvalue weighted by Crippen LogP contribution is -2.31. The van der Waals surface area contributed by atoms with E-state index in [1.807, 2.05) is 6.07 Å². The van der Waals surface area contributed by atoms with Crippen molar-refractivity contribution >= 4 is 11.6 Å². The Morgan fingerprint density at radius 1 is 1.05 bits per heavy atom. The van der Waals surface area contributed by atoms with Gasteiger partial charge in [0, 0.05) is 5.56 Å². The van der Waals surface area contributed by atoms with Gasteiger partial charge in [-0.05, 0) is 18.2 Å². The van der Waals surface area contributed by atoms with E-state index in [-0.39, 0.29) is 5.56 Å². The topological polar surface area (TPSA) is 52.6 Å². The molecule has 1 heterocycles. The first-order chi connectivity index (χ1) is 9.70. The Labute approximate surface area is 115 Å². The first kappa shape index (κ1) is 12.4. The minimum Gasteiger partial charge on any atom is -0.497 e.